The molecule has 2 heterocycles. The van der Waals surface area contributed by atoms with E-state index in [2.05, 4.69) is 25.8 Å². The van der Waals surface area contributed by atoms with Crippen molar-refractivity contribution in [2.45, 2.75) is 32.2 Å². The minimum Gasteiger partial charge on any atom is -0.495 e. The van der Waals surface area contributed by atoms with Crippen LogP contribution in [0.5, 0.6) is 5.75 Å². The number of aromatic nitrogens is 1. The van der Waals surface area contributed by atoms with Gasteiger partial charge in [0.1, 0.15) is 11.6 Å². The van der Waals surface area contributed by atoms with Crippen molar-refractivity contribution < 1.29 is 14.3 Å². The number of anilines is 2. The van der Waals surface area contributed by atoms with Crippen LogP contribution in [-0.2, 0) is 4.79 Å². The topological polar surface area (TPSA) is 95.6 Å². The van der Waals surface area contributed by atoms with Crippen molar-refractivity contribution in [3.8, 4) is 5.75 Å². The van der Waals surface area contributed by atoms with Crippen LogP contribution in [0.15, 0.2) is 42.6 Å². The second-order valence-electron chi connectivity index (χ2n) is 7.60. The van der Waals surface area contributed by atoms with Gasteiger partial charge >= 0.3 is 0 Å². The molecule has 0 saturated carbocycles. The second-order valence-corrected chi connectivity index (χ2v) is 7.60. The van der Waals surface area contributed by atoms with Crippen LogP contribution in [0.1, 0.15) is 36.5 Å². The molecule has 8 heteroatoms. The zero-order chi connectivity index (χ0) is 22.1. The first-order valence-electron chi connectivity index (χ1n) is 10.8. The lowest BCUT2D eigenvalue weighted by Gasteiger charge is -2.32. The molecule has 0 radical (unpaired) electrons. The van der Waals surface area contributed by atoms with E-state index in [1.807, 2.05) is 31.2 Å². The van der Waals surface area contributed by atoms with Gasteiger partial charge in [0.05, 0.1) is 24.9 Å². The molecule has 166 valence electrons. The van der Waals surface area contributed by atoms with E-state index in [1.54, 1.807) is 25.4 Å². The van der Waals surface area contributed by atoms with Gasteiger partial charge in [0, 0.05) is 31.9 Å². The minimum atomic E-state index is -0.162. The van der Waals surface area contributed by atoms with E-state index >= 15 is 0 Å². The molecule has 1 fully saturated rings. The molecule has 2 aromatic rings. The molecule has 0 spiro atoms. The summed E-state index contributed by atoms with van der Waals surface area (Å²) in [6.07, 6.45) is 4.20. The normalized spacial score (nSPS) is 14.6. The van der Waals surface area contributed by atoms with Crippen LogP contribution in [0.25, 0.3) is 0 Å². The number of hydrogen-bond donors (Lipinski definition) is 3. The van der Waals surface area contributed by atoms with Crippen molar-refractivity contribution in [1.29, 1.82) is 0 Å². The Labute approximate surface area is 183 Å². The van der Waals surface area contributed by atoms with Gasteiger partial charge in [-0.25, -0.2) is 4.98 Å². The first-order chi connectivity index (χ1) is 15.1. The van der Waals surface area contributed by atoms with Crippen LogP contribution in [-0.4, -0.2) is 61.0 Å². The molecule has 2 amide bonds. The molecule has 1 aromatic carbocycles. The molecule has 1 aliphatic heterocycles. The number of likely N-dealkylation sites (tertiary alicyclic amines) is 1. The van der Waals surface area contributed by atoms with Crippen LogP contribution in [0.2, 0.25) is 0 Å². The fraction of sp³-hybridized carbons (Fsp3) is 0.435. The quantitative estimate of drug-likeness (QED) is 0.572. The van der Waals surface area contributed by atoms with Gasteiger partial charge in [0.25, 0.3) is 5.91 Å². The third kappa shape index (κ3) is 6.42. The third-order valence-electron chi connectivity index (χ3n) is 5.27. The number of hydrogen-bond acceptors (Lipinski definition) is 6. The van der Waals surface area contributed by atoms with E-state index in [0.29, 0.717) is 30.2 Å². The number of carbonyl (C=O) groups is 2. The van der Waals surface area contributed by atoms with E-state index in [1.165, 1.54) is 0 Å². The number of ether oxygens (including phenoxy) is 1. The number of rotatable bonds is 9. The standard InChI is InChI=1S/C23H31N5O3/c1-3-12-24-21(29)16-28-14-10-17(11-15-28)26-23(30)18-7-6-13-25-22(18)27-19-8-4-5-9-20(19)31-2/h4-9,13,17H,3,10-12,14-16H2,1-2H3,(H,24,29)(H,25,27)(H,26,30). The Balaban J connectivity index is 1.56. The molecule has 0 aliphatic carbocycles. The van der Waals surface area contributed by atoms with Gasteiger partial charge in [-0.15, -0.1) is 0 Å². The summed E-state index contributed by atoms with van der Waals surface area (Å²) in [5, 5.41) is 9.23. The summed E-state index contributed by atoms with van der Waals surface area (Å²) in [6, 6.07) is 11.1. The van der Waals surface area contributed by atoms with Crippen LogP contribution in [0.4, 0.5) is 11.5 Å². The van der Waals surface area contributed by atoms with Crippen molar-refractivity contribution in [3.63, 3.8) is 0 Å². The molecule has 3 rings (SSSR count). The third-order valence-corrected chi connectivity index (χ3v) is 5.27. The average Bonchev–Trinajstić information content (AvgIpc) is 2.79. The van der Waals surface area contributed by atoms with E-state index in [0.717, 1.165) is 38.0 Å². The maximum absolute atomic E-state index is 13.0. The number of para-hydroxylation sites is 2. The Hall–Kier alpha value is -3.13. The van der Waals surface area contributed by atoms with E-state index in [-0.39, 0.29) is 17.9 Å². The summed E-state index contributed by atoms with van der Waals surface area (Å²) in [4.78, 5) is 31.3. The summed E-state index contributed by atoms with van der Waals surface area (Å²) < 4.78 is 5.37. The Morgan fingerprint density at radius 1 is 1.16 bits per heavy atom. The molecule has 8 nitrogen and oxygen atoms in total. The predicted molar refractivity (Wildman–Crippen MR) is 121 cm³/mol. The Morgan fingerprint density at radius 3 is 2.68 bits per heavy atom. The highest BCUT2D eigenvalue weighted by Crippen LogP contribution is 2.27. The van der Waals surface area contributed by atoms with Crippen LogP contribution in [0, 0.1) is 0 Å². The molecule has 1 saturated heterocycles. The number of methoxy groups -OCH3 is 1. The number of nitrogens with zero attached hydrogens (tertiary/aromatic N) is 2. The number of amides is 2. The molecule has 3 N–H and O–H groups in total. The van der Waals surface area contributed by atoms with Gasteiger partial charge in [-0.2, -0.15) is 0 Å². The SMILES string of the molecule is CCCNC(=O)CN1CCC(NC(=O)c2cccnc2Nc2ccccc2OC)CC1. The summed E-state index contributed by atoms with van der Waals surface area (Å²) >= 11 is 0. The van der Waals surface area contributed by atoms with Crippen molar-refractivity contribution in [1.82, 2.24) is 20.5 Å². The smallest absolute Gasteiger partial charge is 0.255 e. The lowest BCUT2D eigenvalue weighted by molar-refractivity contribution is -0.122. The summed E-state index contributed by atoms with van der Waals surface area (Å²) in [5.41, 5.74) is 1.22. The molecule has 1 aromatic heterocycles. The number of nitrogens with one attached hydrogen (secondary N) is 3. The molecule has 0 bridgehead atoms. The summed E-state index contributed by atoms with van der Waals surface area (Å²) in [7, 11) is 1.60. The van der Waals surface area contributed by atoms with Crippen LogP contribution >= 0.6 is 0 Å². The van der Waals surface area contributed by atoms with Crippen molar-refractivity contribution in [2.24, 2.45) is 0 Å². The largest absolute Gasteiger partial charge is 0.495 e. The highest BCUT2D eigenvalue weighted by Gasteiger charge is 2.23. The fourth-order valence-corrected chi connectivity index (χ4v) is 3.59. The van der Waals surface area contributed by atoms with Gasteiger partial charge in [-0.05, 0) is 43.5 Å². The Kier molecular flexibility index (Phi) is 8.23. The lowest BCUT2D eigenvalue weighted by Crippen LogP contribution is -2.47. The van der Waals surface area contributed by atoms with Gasteiger partial charge < -0.3 is 20.7 Å². The minimum absolute atomic E-state index is 0.0618. The zero-order valence-electron chi connectivity index (χ0n) is 18.2. The zero-order valence-corrected chi connectivity index (χ0v) is 18.2. The maximum Gasteiger partial charge on any atom is 0.255 e. The van der Waals surface area contributed by atoms with Crippen molar-refractivity contribution in [3.05, 3.63) is 48.2 Å². The van der Waals surface area contributed by atoms with Gasteiger partial charge in [-0.3, -0.25) is 14.5 Å². The summed E-state index contributed by atoms with van der Waals surface area (Å²) in [5.74, 6) is 1.06. The molecule has 0 atom stereocenters. The average molecular weight is 426 g/mol. The number of pyridine rings is 1. The monoisotopic (exact) mass is 425 g/mol. The predicted octanol–water partition coefficient (Wildman–Crippen LogP) is 2.55. The molecule has 1 aliphatic rings. The second kappa shape index (κ2) is 11.3. The maximum atomic E-state index is 13.0. The Bertz CT molecular complexity index is 881. The highest BCUT2D eigenvalue weighted by atomic mass is 16.5. The van der Waals surface area contributed by atoms with E-state index < -0.39 is 0 Å². The lowest BCUT2D eigenvalue weighted by atomic mass is 10.0. The number of piperidine rings is 1. The van der Waals surface area contributed by atoms with Crippen LogP contribution < -0.4 is 20.7 Å². The van der Waals surface area contributed by atoms with E-state index in [9.17, 15) is 9.59 Å². The molecule has 0 unspecified atom stereocenters. The molecule has 31 heavy (non-hydrogen) atoms. The van der Waals surface area contributed by atoms with Crippen molar-refractivity contribution in [2.75, 3.05) is 38.6 Å². The fourth-order valence-electron chi connectivity index (χ4n) is 3.59. The first-order valence-corrected chi connectivity index (χ1v) is 10.8. The highest BCUT2D eigenvalue weighted by molar-refractivity contribution is 5.99. The first kappa shape index (κ1) is 22.6. The summed E-state index contributed by atoms with van der Waals surface area (Å²) in [6.45, 7) is 4.72. The van der Waals surface area contributed by atoms with Gasteiger partial charge in [-0.1, -0.05) is 19.1 Å². The van der Waals surface area contributed by atoms with Crippen LogP contribution in [0.3, 0.4) is 0 Å². The number of carbonyl (C=O) groups excluding carboxylic acids is 2. The van der Waals surface area contributed by atoms with E-state index in [4.69, 9.17) is 4.74 Å². The van der Waals surface area contributed by atoms with Gasteiger partial charge in [0.15, 0.2) is 0 Å². The molecular formula is C23H31N5O3. The van der Waals surface area contributed by atoms with Crippen molar-refractivity contribution >= 4 is 23.3 Å². The molecular weight excluding hydrogens is 394 g/mol. The Morgan fingerprint density at radius 2 is 1.94 bits per heavy atom. The number of benzene rings is 1. The van der Waals surface area contributed by atoms with Gasteiger partial charge in [0.2, 0.25) is 5.91 Å².